The summed E-state index contributed by atoms with van der Waals surface area (Å²) >= 11 is 0. The molecule has 5 nitrogen and oxygen atoms in total. The molecule has 2 N–H and O–H groups in total. The van der Waals surface area contributed by atoms with E-state index in [2.05, 4.69) is 6.07 Å². The van der Waals surface area contributed by atoms with E-state index in [1.165, 1.54) is 18.2 Å². The number of nitrogens with two attached hydrogens (primary N) is 1. The summed E-state index contributed by atoms with van der Waals surface area (Å²) in [6.07, 6.45) is 1.14. The number of sulfone groups is 1. The molecule has 4 rings (SSSR count). The Morgan fingerprint density at radius 1 is 1.14 bits per heavy atom. The van der Waals surface area contributed by atoms with Crippen molar-refractivity contribution in [1.29, 1.82) is 0 Å². The highest BCUT2D eigenvalue weighted by molar-refractivity contribution is 7.90. The van der Waals surface area contributed by atoms with Gasteiger partial charge in [0.2, 0.25) is 5.91 Å². The maximum atomic E-state index is 14.8. The molecule has 0 saturated heterocycles. The average Bonchev–Trinajstić information content (AvgIpc) is 2.96. The number of rotatable bonds is 4. The molecular weight excluding hydrogens is 379 g/mol. The van der Waals surface area contributed by atoms with Crippen LogP contribution in [-0.4, -0.2) is 25.1 Å². The molecule has 4 aromatic rings. The molecule has 0 fully saturated rings. The van der Waals surface area contributed by atoms with Crippen molar-refractivity contribution in [2.24, 2.45) is 5.73 Å². The predicted molar refractivity (Wildman–Crippen MR) is 105 cm³/mol. The number of carbonyl (C=O) groups excluding carboxylic acids is 1. The normalized spacial score (nSPS) is 11.9. The second kappa shape index (κ2) is 6.45. The van der Waals surface area contributed by atoms with Gasteiger partial charge in [-0.05, 0) is 35.9 Å². The van der Waals surface area contributed by atoms with E-state index < -0.39 is 21.6 Å². The number of hydrogen-bond acceptors (Lipinski definition) is 3. The van der Waals surface area contributed by atoms with E-state index in [1.807, 2.05) is 0 Å². The second-order valence-corrected chi connectivity index (χ2v) is 8.56. The number of fused-ring (bicyclic) bond motifs is 3. The van der Waals surface area contributed by atoms with Gasteiger partial charge in [-0.15, -0.1) is 0 Å². The number of benzene rings is 3. The minimum Gasteiger partial charge on any atom is -0.366 e. The Bertz CT molecular complexity index is 1360. The van der Waals surface area contributed by atoms with E-state index >= 15 is 0 Å². The first-order valence-electron chi connectivity index (χ1n) is 8.48. The summed E-state index contributed by atoms with van der Waals surface area (Å²) in [5.41, 5.74) is 7.13. The largest absolute Gasteiger partial charge is 0.366 e. The van der Waals surface area contributed by atoms with Gasteiger partial charge in [0.15, 0.2) is 9.84 Å². The fraction of sp³-hybridized carbons (Fsp3) is 0.0952. The van der Waals surface area contributed by atoms with Crippen LogP contribution in [0.3, 0.4) is 0 Å². The third-order valence-electron chi connectivity index (χ3n) is 4.74. The molecule has 0 aliphatic rings. The Morgan fingerprint density at radius 3 is 2.61 bits per heavy atom. The fourth-order valence-corrected chi connectivity index (χ4v) is 4.54. The number of hydrogen-bond donors (Lipinski definition) is 1. The van der Waals surface area contributed by atoms with Crippen molar-refractivity contribution in [2.75, 3.05) is 6.26 Å². The van der Waals surface area contributed by atoms with Crippen LogP contribution < -0.4 is 5.73 Å². The zero-order valence-electron chi connectivity index (χ0n) is 14.9. The Balaban J connectivity index is 2.08. The summed E-state index contributed by atoms with van der Waals surface area (Å²) in [5, 5.41) is 0.933. The summed E-state index contributed by atoms with van der Waals surface area (Å²) in [6, 6.07) is 17.3. The molecule has 0 aliphatic carbocycles. The first-order valence-corrected chi connectivity index (χ1v) is 10.4. The second-order valence-electron chi connectivity index (χ2n) is 6.58. The van der Waals surface area contributed by atoms with E-state index in [-0.39, 0.29) is 22.5 Å². The van der Waals surface area contributed by atoms with Gasteiger partial charge in [0.25, 0.3) is 0 Å². The van der Waals surface area contributed by atoms with E-state index in [0.29, 0.717) is 21.9 Å². The molecule has 0 bridgehead atoms. The highest BCUT2D eigenvalue weighted by atomic mass is 32.2. The van der Waals surface area contributed by atoms with Crippen molar-refractivity contribution in [3.63, 3.8) is 0 Å². The molecule has 0 saturated carbocycles. The van der Waals surface area contributed by atoms with Crippen LogP contribution in [-0.2, 0) is 16.4 Å². The quantitative estimate of drug-likeness (QED) is 0.576. The van der Waals surface area contributed by atoms with Crippen LogP contribution in [0.2, 0.25) is 0 Å². The molecule has 141 valence electrons. The SMILES string of the molecule is CS(=O)(=O)c1ccccc1Cn1c2cccc(C(N)=O)c2c2[c]ccc(F)c21. The summed E-state index contributed by atoms with van der Waals surface area (Å²) < 4.78 is 40.8. The van der Waals surface area contributed by atoms with Gasteiger partial charge in [0, 0.05) is 29.1 Å². The van der Waals surface area contributed by atoms with Crippen molar-refractivity contribution in [2.45, 2.75) is 11.4 Å². The minimum absolute atomic E-state index is 0.111. The topological polar surface area (TPSA) is 82.2 Å². The molecule has 28 heavy (non-hydrogen) atoms. The molecule has 1 amide bonds. The lowest BCUT2D eigenvalue weighted by Gasteiger charge is -2.12. The fourth-order valence-electron chi connectivity index (χ4n) is 3.60. The number of primary amides is 1. The van der Waals surface area contributed by atoms with Crippen LogP contribution in [0.1, 0.15) is 15.9 Å². The predicted octanol–water partition coefficient (Wildman–Crippen LogP) is 3.28. The minimum atomic E-state index is -3.46. The van der Waals surface area contributed by atoms with Gasteiger partial charge in [-0.1, -0.05) is 30.3 Å². The molecule has 0 spiro atoms. The van der Waals surface area contributed by atoms with Crippen molar-refractivity contribution in [3.8, 4) is 0 Å². The smallest absolute Gasteiger partial charge is 0.249 e. The first-order chi connectivity index (χ1) is 13.3. The molecule has 0 unspecified atom stereocenters. The van der Waals surface area contributed by atoms with Crippen molar-refractivity contribution in [1.82, 2.24) is 4.57 Å². The van der Waals surface area contributed by atoms with Gasteiger partial charge in [0.05, 0.1) is 15.9 Å². The number of carbonyl (C=O) groups is 1. The van der Waals surface area contributed by atoms with Gasteiger partial charge in [-0.3, -0.25) is 4.79 Å². The van der Waals surface area contributed by atoms with Crippen LogP contribution in [0.5, 0.6) is 0 Å². The van der Waals surface area contributed by atoms with Crippen LogP contribution in [0, 0.1) is 11.9 Å². The number of aromatic nitrogens is 1. The standard InChI is InChI=1S/C21H16FN2O3S/c1-28(26,27)18-11-3-2-6-13(18)12-24-17-10-5-8-15(21(23)25)19(17)14-7-4-9-16(22)20(14)24/h2-6,8-11H,12H2,1H3,(H2,23,25). The molecule has 3 aromatic carbocycles. The maximum Gasteiger partial charge on any atom is 0.249 e. The molecule has 1 aromatic heterocycles. The van der Waals surface area contributed by atoms with Crippen LogP contribution in [0.4, 0.5) is 4.39 Å². The van der Waals surface area contributed by atoms with Crippen LogP contribution in [0.25, 0.3) is 21.8 Å². The summed E-state index contributed by atoms with van der Waals surface area (Å²) in [4.78, 5) is 12.1. The van der Waals surface area contributed by atoms with Gasteiger partial charge in [0.1, 0.15) is 5.82 Å². The van der Waals surface area contributed by atoms with Gasteiger partial charge >= 0.3 is 0 Å². The van der Waals surface area contributed by atoms with E-state index in [1.54, 1.807) is 41.0 Å². The summed E-state index contributed by atoms with van der Waals surface area (Å²) in [7, 11) is -3.46. The molecule has 0 aliphatic heterocycles. The Hall–Kier alpha value is -3.19. The molecule has 1 heterocycles. The lowest BCUT2D eigenvalue weighted by atomic mass is 10.1. The molecule has 0 atom stereocenters. The van der Waals surface area contributed by atoms with Crippen molar-refractivity contribution in [3.05, 3.63) is 77.6 Å². The van der Waals surface area contributed by atoms with E-state index in [0.717, 1.165) is 6.26 Å². The number of halogens is 1. The third-order valence-corrected chi connectivity index (χ3v) is 5.94. The van der Waals surface area contributed by atoms with Crippen molar-refractivity contribution >= 4 is 37.6 Å². The van der Waals surface area contributed by atoms with Gasteiger partial charge < -0.3 is 10.3 Å². The first kappa shape index (κ1) is 18.2. The zero-order valence-corrected chi connectivity index (χ0v) is 15.8. The van der Waals surface area contributed by atoms with Gasteiger partial charge in [-0.2, -0.15) is 0 Å². The number of nitrogens with zero attached hydrogens (tertiary/aromatic N) is 1. The number of amides is 1. The molecule has 7 heteroatoms. The van der Waals surface area contributed by atoms with Crippen molar-refractivity contribution < 1.29 is 17.6 Å². The monoisotopic (exact) mass is 395 g/mol. The van der Waals surface area contributed by atoms with Crippen LogP contribution >= 0.6 is 0 Å². The van der Waals surface area contributed by atoms with Crippen LogP contribution in [0.15, 0.2) is 59.5 Å². The Morgan fingerprint density at radius 2 is 1.89 bits per heavy atom. The molecular formula is C21H16FN2O3S. The van der Waals surface area contributed by atoms with E-state index in [9.17, 15) is 17.6 Å². The lowest BCUT2D eigenvalue weighted by molar-refractivity contribution is 0.100. The third kappa shape index (κ3) is 2.84. The Labute approximate surface area is 161 Å². The van der Waals surface area contributed by atoms with E-state index in [4.69, 9.17) is 5.73 Å². The molecule has 1 radical (unpaired) electrons. The average molecular weight is 395 g/mol. The lowest BCUT2D eigenvalue weighted by Crippen LogP contribution is -2.11. The summed E-state index contributed by atoms with van der Waals surface area (Å²) in [6.45, 7) is 0.111. The maximum absolute atomic E-state index is 14.8. The highest BCUT2D eigenvalue weighted by Crippen LogP contribution is 2.34. The zero-order chi connectivity index (χ0) is 20.1. The highest BCUT2D eigenvalue weighted by Gasteiger charge is 2.20. The Kier molecular flexibility index (Phi) is 4.19. The van der Waals surface area contributed by atoms with Gasteiger partial charge in [-0.25, -0.2) is 12.8 Å². The summed E-state index contributed by atoms with van der Waals surface area (Å²) in [5.74, 6) is -1.11.